The second-order valence-corrected chi connectivity index (χ2v) is 18.3. The first-order valence-electron chi connectivity index (χ1n) is 21.9. The molecule has 0 aromatic heterocycles. The van der Waals surface area contributed by atoms with Gasteiger partial charge in [-0.25, -0.2) is 0 Å². The summed E-state index contributed by atoms with van der Waals surface area (Å²) < 4.78 is 0. The van der Waals surface area contributed by atoms with E-state index in [0.29, 0.717) is 11.8 Å². The summed E-state index contributed by atoms with van der Waals surface area (Å²) >= 11 is 0. The fourth-order valence-corrected chi connectivity index (χ4v) is 11.9. The van der Waals surface area contributed by atoms with Crippen molar-refractivity contribution >= 4 is 27.8 Å². The standard InChI is InChI=1S/C56H53N/c1-56(2)52-36-54(50(40-18-10-5-11-19-40)35-51(52)48-22-13-21-47(55(48)56)39-16-8-4-9-17-39)57(45-29-26-41(27-30-45)49-33-37-24-25-44(49)32-37)53-23-12-20-43-34-42(28-31-46(43)53)38-14-6-3-7-15-38/h4-5,8-13,16-23,26-31,34-38,44,49H,3,6-7,14-15,24-25,32-33H2,1-2H3. The minimum atomic E-state index is -0.202. The van der Waals surface area contributed by atoms with Crippen LogP contribution in [0.1, 0.15) is 106 Å². The number of nitrogens with zero attached hydrogens (tertiary/aromatic N) is 1. The molecule has 1 heteroatoms. The number of hydrogen-bond acceptors (Lipinski definition) is 1. The third-order valence-electron chi connectivity index (χ3n) is 14.7. The van der Waals surface area contributed by atoms with Gasteiger partial charge >= 0.3 is 0 Å². The molecule has 3 saturated carbocycles. The van der Waals surface area contributed by atoms with Crippen LogP contribution in [0.25, 0.3) is 44.2 Å². The van der Waals surface area contributed by atoms with Crippen molar-refractivity contribution in [3.05, 3.63) is 174 Å². The van der Waals surface area contributed by atoms with Gasteiger partial charge in [0.1, 0.15) is 0 Å². The van der Waals surface area contributed by atoms with Crippen molar-refractivity contribution in [2.45, 2.75) is 88.9 Å². The maximum absolute atomic E-state index is 2.60. The predicted molar refractivity (Wildman–Crippen MR) is 241 cm³/mol. The van der Waals surface area contributed by atoms with Gasteiger partial charge < -0.3 is 4.90 Å². The van der Waals surface area contributed by atoms with Gasteiger partial charge in [0.25, 0.3) is 0 Å². The Bertz CT molecular complexity index is 2590. The van der Waals surface area contributed by atoms with Crippen LogP contribution in [0.4, 0.5) is 17.1 Å². The van der Waals surface area contributed by atoms with E-state index in [0.717, 1.165) is 11.8 Å². The molecule has 4 aliphatic rings. The fourth-order valence-electron chi connectivity index (χ4n) is 11.9. The molecule has 3 unspecified atom stereocenters. The van der Waals surface area contributed by atoms with Crippen LogP contribution < -0.4 is 4.90 Å². The highest BCUT2D eigenvalue weighted by Gasteiger charge is 2.41. The zero-order chi connectivity index (χ0) is 38.1. The Balaban J connectivity index is 1.13. The van der Waals surface area contributed by atoms with E-state index >= 15 is 0 Å². The summed E-state index contributed by atoms with van der Waals surface area (Å²) in [6.45, 7) is 4.88. The summed E-state index contributed by atoms with van der Waals surface area (Å²) in [6.07, 6.45) is 12.3. The second-order valence-electron chi connectivity index (χ2n) is 18.3. The molecule has 0 aliphatic heterocycles. The molecule has 4 aliphatic carbocycles. The molecular formula is C56H53N. The Morgan fingerprint density at radius 2 is 1.21 bits per heavy atom. The Kier molecular flexibility index (Phi) is 8.50. The van der Waals surface area contributed by atoms with E-state index in [9.17, 15) is 0 Å². The van der Waals surface area contributed by atoms with Crippen LogP contribution in [0.2, 0.25) is 0 Å². The molecule has 7 aromatic rings. The van der Waals surface area contributed by atoms with Crippen molar-refractivity contribution in [1.29, 1.82) is 0 Å². The molecule has 1 nitrogen and oxygen atoms in total. The van der Waals surface area contributed by atoms with Crippen molar-refractivity contribution < 1.29 is 0 Å². The molecule has 2 bridgehead atoms. The first-order chi connectivity index (χ1) is 28.0. The predicted octanol–water partition coefficient (Wildman–Crippen LogP) is 15.9. The summed E-state index contributed by atoms with van der Waals surface area (Å²) in [6, 6.07) is 58.3. The van der Waals surface area contributed by atoms with E-state index < -0.39 is 0 Å². The summed E-state index contributed by atoms with van der Waals surface area (Å²) in [7, 11) is 0. The van der Waals surface area contributed by atoms with E-state index in [1.165, 1.54) is 141 Å². The van der Waals surface area contributed by atoms with Crippen LogP contribution in [0.3, 0.4) is 0 Å². The molecule has 0 heterocycles. The number of fused-ring (bicyclic) bond motifs is 6. The van der Waals surface area contributed by atoms with Crippen molar-refractivity contribution in [3.8, 4) is 33.4 Å². The Hall–Kier alpha value is -5.40. The molecule has 0 radical (unpaired) electrons. The van der Waals surface area contributed by atoms with Gasteiger partial charge in [0.15, 0.2) is 0 Å². The highest BCUT2D eigenvalue weighted by atomic mass is 15.1. The lowest BCUT2D eigenvalue weighted by Crippen LogP contribution is -2.18. The minimum Gasteiger partial charge on any atom is -0.309 e. The molecule has 0 spiro atoms. The summed E-state index contributed by atoms with van der Waals surface area (Å²) in [4.78, 5) is 2.60. The van der Waals surface area contributed by atoms with Gasteiger partial charge in [-0.2, -0.15) is 0 Å². The van der Waals surface area contributed by atoms with Gasteiger partial charge in [0, 0.05) is 22.1 Å². The van der Waals surface area contributed by atoms with E-state index in [1.54, 1.807) is 0 Å². The van der Waals surface area contributed by atoms with Crippen molar-refractivity contribution in [3.63, 3.8) is 0 Å². The largest absolute Gasteiger partial charge is 0.309 e. The highest BCUT2D eigenvalue weighted by Crippen LogP contribution is 2.57. The molecule has 0 amide bonds. The van der Waals surface area contributed by atoms with E-state index in [4.69, 9.17) is 0 Å². The van der Waals surface area contributed by atoms with Gasteiger partial charge in [0.2, 0.25) is 0 Å². The molecular weight excluding hydrogens is 687 g/mol. The Morgan fingerprint density at radius 1 is 0.509 bits per heavy atom. The quantitative estimate of drug-likeness (QED) is 0.157. The van der Waals surface area contributed by atoms with E-state index in [2.05, 4.69) is 170 Å². The van der Waals surface area contributed by atoms with Gasteiger partial charge in [-0.15, -0.1) is 0 Å². The second kappa shape index (κ2) is 13.9. The van der Waals surface area contributed by atoms with Gasteiger partial charge in [-0.1, -0.05) is 161 Å². The van der Waals surface area contributed by atoms with E-state index in [-0.39, 0.29) is 5.41 Å². The van der Waals surface area contributed by atoms with Gasteiger partial charge in [-0.05, 0) is 142 Å². The first-order valence-corrected chi connectivity index (χ1v) is 21.9. The molecule has 3 fully saturated rings. The van der Waals surface area contributed by atoms with Crippen molar-refractivity contribution in [2.75, 3.05) is 4.90 Å². The lowest BCUT2D eigenvalue weighted by molar-refractivity contribution is 0.420. The number of benzene rings is 7. The van der Waals surface area contributed by atoms with Crippen LogP contribution in [-0.4, -0.2) is 0 Å². The average Bonchev–Trinajstić information content (AvgIpc) is 3.97. The maximum Gasteiger partial charge on any atom is 0.0543 e. The molecule has 3 atom stereocenters. The van der Waals surface area contributed by atoms with Crippen LogP contribution >= 0.6 is 0 Å². The fraction of sp³-hybridized carbons (Fsp3) is 0.286. The molecule has 11 rings (SSSR count). The summed E-state index contributed by atoms with van der Waals surface area (Å²) in [5.41, 5.74) is 17.1. The lowest BCUT2D eigenvalue weighted by atomic mass is 9.78. The van der Waals surface area contributed by atoms with Crippen LogP contribution in [-0.2, 0) is 5.41 Å². The summed E-state index contributed by atoms with van der Waals surface area (Å²) in [5.74, 6) is 3.17. The summed E-state index contributed by atoms with van der Waals surface area (Å²) in [5, 5.41) is 2.64. The molecule has 7 aromatic carbocycles. The molecule has 282 valence electrons. The van der Waals surface area contributed by atoms with Gasteiger partial charge in [-0.3, -0.25) is 0 Å². The zero-order valence-electron chi connectivity index (χ0n) is 33.6. The van der Waals surface area contributed by atoms with Crippen LogP contribution in [0.15, 0.2) is 152 Å². The minimum absolute atomic E-state index is 0.202. The number of rotatable bonds is 7. The topological polar surface area (TPSA) is 3.24 Å². The third kappa shape index (κ3) is 5.88. The Labute approximate surface area is 339 Å². The average molecular weight is 740 g/mol. The molecule has 0 N–H and O–H groups in total. The third-order valence-corrected chi connectivity index (χ3v) is 14.7. The van der Waals surface area contributed by atoms with Crippen LogP contribution in [0, 0.1) is 11.8 Å². The lowest BCUT2D eigenvalue weighted by Gasteiger charge is -2.32. The maximum atomic E-state index is 2.60. The van der Waals surface area contributed by atoms with Crippen molar-refractivity contribution in [1.82, 2.24) is 0 Å². The molecule has 0 saturated heterocycles. The SMILES string of the molecule is CC1(C)c2cc(N(c3ccc(C4CC5CCC4C5)cc3)c3cccc4cc(C5CCCCC5)ccc34)c(-c3ccccc3)cc2-c2cccc(-c3ccccc3)c21. The van der Waals surface area contributed by atoms with E-state index in [1.807, 2.05) is 0 Å². The smallest absolute Gasteiger partial charge is 0.0543 e. The first kappa shape index (κ1) is 34.8. The zero-order valence-corrected chi connectivity index (χ0v) is 33.6. The Morgan fingerprint density at radius 3 is 1.93 bits per heavy atom. The van der Waals surface area contributed by atoms with Crippen molar-refractivity contribution in [2.24, 2.45) is 11.8 Å². The van der Waals surface area contributed by atoms with Crippen LogP contribution in [0.5, 0.6) is 0 Å². The highest BCUT2D eigenvalue weighted by molar-refractivity contribution is 6.03. The monoisotopic (exact) mass is 739 g/mol. The molecule has 57 heavy (non-hydrogen) atoms. The van der Waals surface area contributed by atoms with Gasteiger partial charge in [0.05, 0.1) is 11.4 Å². The number of anilines is 3. The number of hydrogen-bond donors (Lipinski definition) is 0. The normalized spacial score (nSPS) is 20.8.